The Morgan fingerprint density at radius 1 is 0.980 bits per heavy atom. The zero-order chi connectivity index (χ0) is 35.6. The Kier molecular flexibility index (Phi) is 9.02. The SMILES string of the molecule is CCO[C@@H](C1C[C@@H](C)[C@H]2C(O1)[C@H](O)[C@@]1(C)C3CC[C@H]4C(C)(C)[C@@H](O[C@H]5CN(C6CN(CCO)C6)CCO5)CC[C@@]45C[C@@]35CC[C@]21C)C(C)(C)O. The second-order valence-electron chi connectivity index (χ2n) is 20.1. The van der Waals surface area contributed by atoms with Gasteiger partial charge in [-0.05, 0) is 117 Å². The maximum Gasteiger partial charge on any atom is 0.170 e. The summed E-state index contributed by atoms with van der Waals surface area (Å²) in [6, 6.07) is 0.542. The van der Waals surface area contributed by atoms with E-state index >= 15 is 0 Å². The molecule has 3 heterocycles. The molecule has 8 rings (SSSR count). The largest absolute Gasteiger partial charge is 0.395 e. The molecule has 0 aromatic carbocycles. The molecule has 0 aromatic heterocycles. The highest BCUT2D eigenvalue weighted by molar-refractivity contribution is 5.33. The first-order valence-corrected chi connectivity index (χ1v) is 20.6. The second-order valence-corrected chi connectivity index (χ2v) is 20.1. The van der Waals surface area contributed by atoms with Gasteiger partial charge in [0.15, 0.2) is 6.29 Å². The Hall–Kier alpha value is -0.360. The summed E-state index contributed by atoms with van der Waals surface area (Å²) in [5.74, 6) is 1.81. The minimum absolute atomic E-state index is 0.0133. The molecule has 0 bridgehead atoms. The van der Waals surface area contributed by atoms with E-state index in [0.717, 1.165) is 58.6 Å². The number of morpholine rings is 1. The van der Waals surface area contributed by atoms with Gasteiger partial charge in [-0.2, -0.15) is 0 Å². The van der Waals surface area contributed by atoms with Gasteiger partial charge in [-0.25, -0.2) is 0 Å². The van der Waals surface area contributed by atoms with Gasteiger partial charge in [0, 0.05) is 50.8 Å². The number of aliphatic hydroxyl groups is 3. The quantitative estimate of drug-likeness (QED) is 0.316. The average Bonchev–Trinajstić information content (AvgIpc) is 3.67. The predicted molar refractivity (Wildman–Crippen MR) is 191 cm³/mol. The van der Waals surface area contributed by atoms with Crippen LogP contribution in [0.1, 0.15) is 107 Å². The number of rotatable bonds is 9. The Labute approximate surface area is 302 Å². The molecule has 0 aromatic rings. The lowest BCUT2D eigenvalue weighted by Gasteiger charge is -2.64. The number of ether oxygens (including phenoxy) is 4. The van der Waals surface area contributed by atoms with Crippen LogP contribution in [0, 0.1) is 50.7 Å². The Morgan fingerprint density at radius 2 is 1.70 bits per heavy atom. The molecule has 50 heavy (non-hydrogen) atoms. The lowest BCUT2D eigenvalue weighted by Crippen LogP contribution is -2.63. The number of hydrogen-bond acceptors (Lipinski definition) is 9. The zero-order valence-electron chi connectivity index (χ0n) is 32.5. The predicted octanol–water partition coefficient (Wildman–Crippen LogP) is 4.70. The molecule has 14 atom stereocenters. The van der Waals surface area contributed by atoms with Gasteiger partial charge in [0.1, 0.15) is 6.10 Å². The van der Waals surface area contributed by atoms with E-state index in [1.807, 2.05) is 20.8 Å². The van der Waals surface area contributed by atoms with Crippen LogP contribution in [0.3, 0.4) is 0 Å². The molecule has 9 nitrogen and oxygen atoms in total. The molecule has 9 heteroatoms. The summed E-state index contributed by atoms with van der Waals surface area (Å²) in [6.45, 7) is 24.1. The fourth-order valence-corrected chi connectivity index (χ4v) is 15.0. The van der Waals surface area contributed by atoms with Gasteiger partial charge >= 0.3 is 0 Å². The highest BCUT2D eigenvalue weighted by atomic mass is 16.7. The van der Waals surface area contributed by atoms with Crippen molar-refractivity contribution in [3.05, 3.63) is 0 Å². The van der Waals surface area contributed by atoms with Crippen LogP contribution >= 0.6 is 0 Å². The first-order valence-electron chi connectivity index (χ1n) is 20.6. The third-order valence-electron chi connectivity index (χ3n) is 17.4. The summed E-state index contributed by atoms with van der Waals surface area (Å²) in [5, 5.41) is 33.0. The molecular formula is C41H70N2O7. The summed E-state index contributed by atoms with van der Waals surface area (Å²) >= 11 is 0. The van der Waals surface area contributed by atoms with Crippen molar-refractivity contribution in [1.82, 2.24) is 9.80 Å². The Balaban J connectivity index is 0.988. The highest BCUT2D eigenvalue weighted by Gasteiger charge is 2.84. The smallest absolute Gasteiger partial charge is 0.170 e. The van der Waals surface area contributed by atoms with Crippen LogP contribution in [0.4, 0.5) is 0 Å². The van der Waals surface area contributed by atoms with Gasteiger partial charge in [0.25, 0.3) is 0 Å². The monoisotopic (exact) mass is 703 g/mol. The molecule has 286 valence electrons. The minimum atomic E-state index is -1.02. The molecular weight excluding hydrogens is 632 g/mol. The average molecular weight is 703 g/mol. The second kappa shape index (κ2) is 12.3. The van der Waals surface area contributed by atoms with Crippen molar-refractivity contribution in [3.63, 3.8) is 0 Å². The van der Waals surface area contributed by atoms with Crippen molar-refractivity contribution < 1.29 is 34.3 Å². The van der Waals surface area contributed by atoms with E-state index < -0.39 is 17.8 Å². The molecule has 0 radical (unpaired) electrons. The van der Waals surface area contributed by atoms with Crippen LogP contribution in [0.15, 0.2) is 0 Å². The van der Waals surface area contributed by atoms with Crippen molar-refractivity contribution in [2.45, 2.75) is 155 Å². The van der Waals surface area contributed by atoms with Gasteiger partial charge in [-0.15, -0.1) is 0 Å². The maximum absolute atomic E-state index is 12.6. The summed E-state index contributed by atoms with van der Waals surface area (Å²) < 4.78 is 26.4. The lowest BCUT2D eigenvalue weighted by atomic mass is 9.41. The van der Waals surface area contributed by atoms with Gasteiger partial charge in [0.05, 0.1) is 43.2 Å². The normalized spacial score (nSPS) is 51.1. The molecule has 8 aliphatic rings. The minimum Gasteiger partial charge on any atom is -0.395 e. The number of aliphatic hydroxyl groups excluding tert-OH is 2. The first kappa shape index (κ1) is 36.6. The van der Waals surface area contributed by atoms with Gasteiger partial charge in [-0.1, -0.05) is 34.6 Å². The zero-order valence-corrected chi connectivity index (χ0v) is 32.5. The van der Waals surface area contributed by atoms with E-state index in [1.54, 1.807) is 0 Å². The van der Waals surface area contributed by atoms with Crippen LogP contribution in [-0.2, 0) is 18.9 Å². The summed E-state index contributed by atoms with van der Waals surface area (Å²) in [6.07, 6.45) is 7.93. The summed E-state index contributed by atoms with van der Waals surface area (Å²) in [4.78, 5) is 4.88. The van der Waals surface area contributed by atoms with Crippen molar-refractivity contribution in [2.75, 3.05) is 52.5 Å². The molecule has 0 amide bonds. The number of likely N-dealkylation sites (tertiary alicyclic amines) is 1. The summed E-state index contributed by atoms with van der Waals surface area (Å²) in [5.41, 5.74) is -0.509. The Bertz CT molecular complexity index is 1270. The van der Waals surface area contributed by atoms with Crippen LogP contribution in [0.2, 0.25) is 0 Å². The topological polar surface area (TPSA) is 104 Å². The first-order chi connectivity index (χ1) is 23.6. The van der Waals surface area contributed by atoms with Crippen molar-refractivity contribution in [3.8, 4) is 0 Å². The van der Waals surface area contributed by atoms with Crippen LogP contribution < -0.4 is 0 Å². The van der Waals surface area contributed by atoms with Crippen molar-refractivity contribution in [2.24, 2.45) is 50.7 Å². The van der Waals surface area contributed by atoms with Crippen LogP contribution in [0.5, 0.6) is 0 Å². The van der Waals surface area contributed by atoms with E-state index in [0.29, 0.717) is 47.2 Å². The number of fused-ring (bicyclic) bond motifs is 4. The molecule has 5 saturated carbocycles. The van der Waals surface area contributed by atoms with E-state index in [1.165, 1.54) is 32.1 Å². The van der Waals surface area contributed by atoms with Gasteiger partial charge in [-0.3, -0.25) is 9.80 Å². The molecule has 3 N–H and O–H groups in total. The standard InChI is InChI=1S/C41H70N2O7/c1-9-47-35(37(5,6)46)27-20-25(2)32-33(49-27)34(45)39(8)29-11-10-28-36(3,4)30(12-13-40(28)24-41(29,40)15-14-38(32,39)7)50-31-23-43(17-19-48-31)26-21-42(22-26)16-18-44/h25-35,44-46H,9-24H2,1-8H3/t25-,27?,28+,29?,30+,31+,32+,33?,34+,35+,38-,39-,40-,41+/m1/s1. The molecule has 5 aliphatic carbocycles. The Morgan fingerprint density at radius 3 is 2.40 bits per heavy atom. The number of nitrogens with zero attached hydrogens (tertiary/aromatic N) is 2. The van der Waals surface area contributed by atoms with Gasteiger partial charge < -0.3 is 34.3 Å². The fourth-order valence-electron chi connectivity index (χ4n) is 15.0. The summed E-state index contributed by atoms with van der Waals surface area (Å²) in [7, 11) is 0. The van der Waals surface area contributed by atoms with E-state index in [9.17, 15) is 15.3 Å². The fraction of sp³-hybridized carbons (Fsp3) is 1.00. The molecule has 3 saturated heterocycles. The molecule has 3 aliphatic heterocycles. The van der Waals surface area contributed by atoms with Crippen LogP contribution in [0.25, 0.3) is 0 Å². The molecule has 2 spiro atoms. The van der Waals surface area contributed by atoms with E-state index in [-0.39, 0.29) is 47.5 Å². The third-order valence-corrected chi connectivity index (χ3v) is 17.4. The molecule has 8 fully saturated rings. The third kappa shape index (κ3) is 5.02. The van der Waals surface area contributed by atoms with Gasteiger partial charge in [0.2, 0.25) is 0 Å². The molecule has 3 unspecified atom stereocenters. The van der Waals surface area contributed by atoms with Crippen molar-refractivity contribution >= 4 is 0 Å². The van der Waals surface area contributed by atoms with Crippen molar-refractivity contribution in [1.29, 1.82) is 0 Å². The van der Waals surface area contributed by atoms with E-state index in [4.69, 9.17) is 18.9 Å². The lowest BCUT2D eigenvalue weighted by molar-refractivity contribution is -0.253. The van der Waals surface area contributed by atoms with E-state index in [2.05, 4.69) is 44.4 Å². The number of β-amino-alcohol motifs (C(OH)–C–C–N with tert-alkyl or cyclic N) is 1. The highest BCUT2D eigenvalue weighted by Crippen LogP contribution is 2.89. The number of hydrogen-bond donors (Lipinski definition) is 3. The van der Waals surface area contributed by atoms with Crippen LogP contribution in [-0.4, -0.2) is 126 Å². The maximum atomic E-state index is 12.6.